The Hall–Kier alpha value is -2.00. The van der Waals surface area contributed by atoms with E-state index >= 15 is 0 Å². The van der Waals surface area contributed by atoms with E-state index in [4.69, 9.17) is 23.7 Å². The summed E-state index contributed by atoms with van der Waals surface area (Å²) in [5.41, 5.74) is 2.48. The summed E-state index contributed by atoms with van der Waals surface area (Å²) in [7, 11) is 6.76. The van der Waals surface area contributed by atoms with Crippen molar-refractivity contribution in [2.75, 3.05) is 61.2 Å². The van der Waals surface area contributed by atoms with E-state index in [1.807, 2.05) is 18.2 Å². The second-order valence-electron chi connectivity index (χ2n) is 11.5. The van der Waals surface area contributed by atoms with Crippen LogP contribution in [0, 0.1) is 0 Å². The second-order valence-corrected chi connectivity index (χ2v) is 11.5. The molecule has 2 aromatic carbocycles. The summed E-state index contributed by atoms with van der Waals surface area (Å²) in [5.74, 6) is -0.176. The van der Waals surface area contributed by atoms with E-state index in [0.29, 0.717) is 13.0 Å². The third-order valence-electron chi connectivity index (χ3n) is 9.51. The van der Waals surface area contributed by atoms with Crippen LogP contribution in [0.4, 0.5) is 0 Å². The molecule has 7 nitrogen and oxygen atoms in total. The highest BCUT2D eigenvalue weighted by Crippen LogP contribution is 2.58. The van der Waals surface area contributed by atoms with Gasteiger partial charge in [0.1, 0.15) is 11.9 Å². The molecule has 0 N–H and O–H groups in total. The molecule has 1 aliphatic carbocycles. The highest BCUT2D eigenvalue weighted by atomic mass is 16.7. The summed E-state index contributed by atoms with van der Waals surface area (Å²) in [6, 6.07) is 17.5. The molecule has 5 rings (SSSR count). The van der Waals surface area contributed by atoms with Gasteiger partial charge in [0.05, 0.1) is 6.61 Å². The number of hydrogen-bond donors (Lipinski definition) is 0. The number of nitrogens with zero attached hydrogens (tertiary/aromatic N) is 2. The summed E-state index contributed by atoms with van der Waals surface area (Å²) < 4.78 is 30.5. The van der Waals surface area contributed by atoms with Crippen LogP contribution in [-0.2, 0) is 31.3 Å². The van der Waals surface area contributed by atoms with Gasteiger partial charge in [-0.2, -0.15) is 0 Å². The zero-order valence-electron chi connectivity index (χ0n) is 24.9. The molecular weight excluding hydrogens is 504 g/mol. The molecule has 0 bridgehead atoms. The van der Waals surface area contributed by atoms with Gasteiger partial charge in [-0.3, -0.25) is 4.90 Å². The molecule has 2 saturated heterocycles. The van der Waals surface area contributed by atoms with Gasteiger partial charge in [0.25, 0.3) is 0 Å². The smallest absolute Gasteiger partial charge is 0.227 e. The average Bonchev–Trinajstić information content (AvgIpc) is 3.26. The first-order valence-electron chi connectivity index (χ1n) is 15.1. The molecule has 7 heteroatoms. The Morgan fingerprint density at radius 2 is 1.50 bits per heavy atom. The fourth-order valence-corrected chi connectivity index (χ4v) is 7.48. The first-order valence-corrected chi connectivity index (χ1v) is 15.1. The van der Waals surface area contributed by atoms with Crippen molar-refractivity contribution in [3.63, 3.8) is 0 Å². The van der Waals surface area contributed by atoms with Gasteiger partial charge >= 0.3 is 0 Å². The van der Waals surface area contributed by atoms with E-state index < -0.39 is 11.4 Å². The molecule has 3 aliphatic rings. The van der Waals surface area contributed by atoms with Crippen LogP contribution in [0.25, 0.3) is 0 Å². The zero-order valence-corrected chi connectivity index (χ0v) is 24.9. The average molecular weight is 553 g/mol. The molecular formula is C33H48N2O5. The van der Waals surface area contributed by atoms with Crippen molar-refractivity contribution in [1.82, 2.24) is 9.80 Å². The van der Waals surface area contributed by atoms with E-state index in [-0.39, 0.29) is 6.10 Å². The van der Waals surface area contributed by atoms with Gasteiger partial charge in [-0.05, 0) is 88.0 Å². The monoisotopic (exact) mass is 552 g/mol. The Morgan fingerprint density at radius 1 is 0.800 bits per heavy atom. The molecule has 2 aromatic rings. The SMILES string of the molecule is COC1c2ccccc2C(OC)(OC)C1(CCCOc1ccc(CN2CCC(N3CCCCC3)CC2)cc1)OC. The van der Waals surface area contributed by atoms with Crippen molar-refractivity contribution >= 4 is 0 Å². The largest absolute Gasteiger partial charge is 0.494 e. The van der Waals surface area contributed by atoms with E-state index in [9.17, 15) is 0 Å². The maximum atomic E-state index is 6.23. The first kappa shape index (κ1) is 29.5. The summed E-state index contributed by atoms with van der Waals surface area (Å²) >= 11 is 0. The van der Waals surface area contributed by atoms with Crippen LogP contribution in [0.15, 0.2) is 48.5 Å². The van der Waals surface area contributed by atoms with Crippen molar-refractivity contribution < 1.29 is 23.7 Å². The number of fused-ring (bicyclic) bond motifs is 1. The van der Waals surface area contributed by atoms with Crippen LogP contribution >= 0.6 is 0 Å². The Morgan fingerprint density at radius 3 is 2.15 bits per heavy atom. The van der Waals surface area contributed by atoms with Crippen molar-refractivity contribution in [3.8, 4) is 5.75 Å². The molecule has 2 heterocycles. The van der Waals surface area contributed by atoms with Gasteiger partial charge < -0.3 is 28.6 Å². The number of likely N-dealkylation sites (tertiary alicyclic amines) is 2. The first-order chi connectivity index (χ1) is 19.6. The van der Waals surface area contributed by atoms with Crippen LogP contribution in [0.2, 0.25) is 0 Å². The number of benzene rings is 2. The van der Waals surface area contributed by atoms with Gasteiger partial charge in [-0.25, -0.2) is 0 Å². The van der Waals surface area contributed by atoms with Gasteiger partial charge in [0.2, 0.25) is 5.79 Å². The summed E-state index contributed by atoms with van der Waals surface area (Å²) in [5, 5.41) is 0. The predicted molar refractivity (Wildman–Crippen MR) is 157 cm³/mol. The van der Waals surface area contributed by atoms with Gasteiger partial charge in [0, 0.05) is 46.6 Å². The fraction of sp³-hybridized carbons (Fsp3) is 0.636. The van der Waals surface area contributed by atoms with Crippen LogP contribution in [0.3, 0.4) is 0 Å². The topological polar surface area (TPSA) is 52.6 Å². The van der Waals surface area contributed by atoms with Crippen molar-refractivity contribution in [3.05, 3.63) is 65.2 Å². The second kappa shape index (κ2) is 13.3. The number of rotatable bonds is 12. The maximum absolute atomic E-state index is 6.23. The molecule has 0 aromatic heterocycles. The summed E-state index contributed by atoms with van der Waals surface area (Å²) in [4.78, 5) is 5.34. The van der Waals surface area contributed by atoms with Crippen molar-refractivity contribution in [1.29, 1.82) is 0 Å². The van der Waals surface area contributed by atoms with Crippen molar-refractivity contribution in [2.45, 2.75) is 75.0 Å². The standard InChI is InChI=1S/C33H48N2O5/c1-36-31-29-11-6-7-12-30(29)33(38-3,39-4)32(31,37-2)19-10-24-40-28-15-13-26(14-16-28)25-34-22-17-27(18-23-34)35-20-8-5-9-21-35/h6-7,11-16,27,31H,5,8-10,17-25H2,1-4H3. The highest BCUT2D eigenvalue weighted by molar-refractivity contribution is 5.44. The lowest BCUT2D eigenvalue weighted by Crippen LogP contribution is -2.55. The number of hydrogen-bond acceptors (Lipinski definition) is 7. The molecule has 40 heavy (non-hydrogen) atoms. The Labute approximate surface area is 240 Å². The lowest BCUT2D eigenvalue weighted by molar-refractivity contribution is -0.335. The Kier molecular flexibility index (Phi) is 9.82. The summed E-state index contributed by atoms with van der Waals surface area (Å²) in [6.45, 7) is 6.57. The van der Waals surface area contributed by atoms with E-state index in [0.717, 1.165) is 35.9 Å². The van der Waals surface area contributed by atoms with Crippen LogP contribution < -0.4 is 4.74 Å². The maximum Gasteiger partial charge on any atom is 0.227 e. The number of piperidine rings is 2. The van der Waals surface area contributed by atoms with Gasteiger partial charge in [0.15, 0.2) is 5.60 Å². The molecule has 0 spiro atoms. The van der Waals surface area contributed by atoms with E-state index in [1.165, 1.54) is 63.8 Å². The Balaban J connectivity index is 1.13. The molecule has 0 saturated carbocycles. The minimum absolute atomic E-state index is 0.321. The summed E-state index contributed by atoms with van der Waals surface area (Å²) in [6.07, 6.45) is 7.84. The highest BCUT2D eigenvalue weighted by Gasteiger charge is 2.65. The van der Waals surface area contributed by atoms with Crippen molar-refractivity contribution in [2.24, 2.45) is 0 Å². The fourth-order valence-electron chi connectivity index (χ4n) is 7.48. The third kappa shape index (κ3) is 5.57. The van der Waals surface area contributed by atoms with E-state index in [2.05, 4.69) is 40.1 Å². The number of methoxy groups -OCH3 is 4. The molecule has 0 radical (unpaired) electrons. The number of ether oxygens (including phenoxy) is 5. The Bertz CT molecular complexity index is 1060. The normalized spacial score (nSPS) is 25.6. The minimum atomic E-state index is -1.07. The molecule has 220 valence electrons. The predicted octanol–water partition coefficient (Wildman–Crippen LogP) is 5.53. The van der Waals surface area contributed by atoms with E-state index in [1.54, 1.807) is 28.4 Å². The van der Waals surface area contributed by atoms with Crippen LogP contribution in [-0.4, -0.2) is 82.7 Å². The zero-order chi connectivity index (χ0) is 28.0. The minimum Gasteiger partial charge on any atom is -0.494 e. The van der Waals surface area contributed by atoms with Crippen LogP contribution in [0.1, 0.15) is 67.7 Å². The quantitative estimate of drug-likeness (QED) is 0.254. The van der Waals surface area contributed by atoms with Gasteiger partial charge in [-0.15, -0.1) is 0 Å². The molecule has 2 aliphatic heterocycles. The lowest BCUT2D eigenvalue weighted by Gasteiger charge is -2.45. The van der Waals surface area contributed by atoms with Gasteiger partial charge in [-0.1, -0.05) is 42.8 Å². The molecule has 2 fully saturated rings. The lowest BCUT2D eigenvalue weighted by atomic mass is 9.86. The molecule has 2 atom stereocenters. The molecule has 0 amide bonds. The third-order valence-corrected chi connectivity index (χ3v) is 9.51. The van der Waals surface area contributed by atoms with Crippen LogP contribution in [0.5, 0.6) is 5.75 Å². The molecule has 2 unspecified atom stereocenters.